The van der Waals surface area contributed by atoms with Crippen LogP contribution in [0.15, 0.2) is 69.9 Å². The average molecular weight is 503 g/mol. The lowest BCUT2D eigenvalue weighted by atomic mass is 9.77. The number of fused-ring (bicyclic) bond motifs is 1. The standard InChI is InChI=1S/C29H30N2O6/c1-33-22-12-10-18(16-25(22)35-3)15-19-7-5-8-21-27(19)30-31(29(32)24-9-6-14-37-24)28(21)20-11-13-23(34-2)26(17-20)36-4/h6,9-17,21,28H,5,7-8H2,1-4H3/b19-15+/t21-,28-/m0/s1. The largest absolute Gasteiger partial charge is 0.493 e. The molecule has 0 radical (unpaired) electrons. The van der Waals surface area contributed by atoms with Gasteiger partial charge in [-0.05, 0) is 78.4 Å². The van der Waals surface area contributed by atoms with Crippen molar-refractivity contribution in [2.24, 2.45) is 11.0 Å². The Morgan fingerprint density at radius 3 is 2.32 bits per heavy atom. The van der Waals surface area contributed by atoms with Gasteiger partial charge >= 0.3 is 5.91 Å². The van der Waals surface area contributed by atoms with Gasteiger partial charge in [-0.2, -0.15) is 5.10 Å². The summed E-state index contributed by atoms with van der Waals surface area (Å²) < 4.78 is 27.3. The molecule has 2 aliphatic rings. The zero-order valence-electron chi connectivity index (χ0n) is 21.4. The molecule has 5 rings (SSSR count). The van der Waals surface area contributed by atoms with Crippen molar-refractivity contribution in [1.29, 1.82) is 0 Å². The van der Waals surface area contributed by atoms with Crippen LogP contribution >= 0.6 is 0 Å². The number of carbonyl (C=O) groups excluding carboxylic acids is 1. The number of ether oxygens (including phenoxy) is 4. The second-order valence-corrected chi connectivity index (χ2v) is 8.95. The van der Waals surface area contributed by atoms with Crippen LogP contribution in [0.1, 0.15) is 47.0 Å². The SMILES string of the molecule is COc1ccc(/C=C2\CCC[C@H]3C2=NN(C(=O)c2ccco2)[C@H]3c2ccc(OC)c(OC)c2)cc1OC. The van der Waals surface area contributed by atoms with Gasteiger partial charge in [0.1, 0.15) is 0 Å². The fourth-order valence-corrected chi connectivity index (χ4v) is 5.19. The molecule has 0 unspecified atom stereocenters. The Labute approximate surface area is 216 Å². The molecule has 0 spiro atoms. The minimum Gasteiger partial charge on any atom is -0.493 e. The second-order valence-electron chi connectivity index (χ2n) is 8.95. The number of methoxy groups -OCH3 is 4. The van der Waals surface area contributed by atoms with E-state index >= 15 is 0 Å². The monoisotopic (exact) mass is 502 g/mol. The van der Waals surface area contributed by atoms with Crippen LogP contribution in [0.2, 0.25) is 0 Å². The summed E-state index contributed by atoms with van der Waals surface area (Å²) in [4.78, 5) is 13.6. The van der Waals surface area contributed by atoms with Crippen LogP contribution < -0.4 is 18.9 Å². The van der Waals surface area contributed by atoms with E-state index in [2.05, 4.69) is 6.08 Å². The predicted molar refractivity (Wildman–Crippen MR) is 139 cm³/mol. The molecule has 2 aromatic carbocycles. The minimum absolute atomic E-state index is 0.0251. The Kier molecular flexibility index (Phi) is 6.90. The van der Waals surface area contributed by atoms with Gasteiger partial charge in [-0.15, -0.1) is 0 Å². The van der Waals surface area contributed by atoms with Crippen molar-refractivity contribution in [2.75, 3.05) is 28.4 Å². The van der Waals surface area contributed by atoms with Crippen molar-refractivity contribution in [2.45, 2.75) is 25.3 Å². The van der Waals surface area contributed by atoms with E-state index in [9.17, 15) is 4.79 Å². The fraction of sp³-hybridized carbons (Fsp3) is 0.310. The summed E-state index contributed by atoms with van der Waals surface area (Å²) in [6.07, 6.45) is 6.38. The molecule has 2 heterocycles. The minimum atomic E-state index is -0.304. The van der Waals surface area contributed by atoms with Gasteiger partial charge in [0.2, 0.25) is 0 Å². The van der Waals surface area contributed by atoms with Gasteiger partial charge in [0.25, 0.3) is 0 Å². The number of rotatable bonds is 7. The molecule has 0 bridgehead atoms. The smallest absolute Gasteiger partial charge is 0.310 e. The Hall–Kier alpha value is -4.20. The molecule has 3 aromatic rings. The summed E-state index contributed by atoms with van der Waals surface area (Å²) in [7, 11) is 6.45. The molecule has 1 aliphatic carbocycles. The molecule has 1 saturated carbocycles. The summed E-state index contributed by atoms with van der Waals surface area (Å²) >= 11 is 0. The highest BCUT2D eigenvalue weighted by Gasteiger charge is 2.44. The van der Waals surface area contributed by atoms with E-state index in [0.29, 0.717) is 23.0 Å². The molecule has 2 atom stereocenters. The Morgan fingerprint density at radius 2 is 1.65 bits per heavy atom. The number of nitrogens with zero attached hydrogens (tertiary/aromatic N) is 2. The third kappa shape index (κ3) is 4.55. The van der Waals surface area contributed by atoms with Gasteiger partial charge in [-0.1, -0.05) is 12.1 Å². The van der Waals surface area contributed by atoms with Gasteiger partial charge in [-0.25, -0.2) is 5.01 Å². The maximum atomic E-state index is 13.6. The first-order chi connectivity index (χ1) is 18.1. The number of hydrogen-bond acceptors (Lipinski definition) is 7. The summed E-state index contributed by atoms with van der Waals surface area (Å²) in [5.74, 6) is 2.57. The van der Waals surface area contributed by atoms with Crippen molar-refractivity contribution in [3.05, 3.63) is 77.3 Å². The van der Waals surface area contributed by atoms with Crippen LogP contribution in [0.25, 0.3) is 6.08 Å². The van der Waals surface area contributed by atoms with Crippen LogP contribution in [0.5, 0.6) is 23.0 Å². The number of benzene rings is 2. The maximum absolute atomic E-state index is 13.6. The number of amides is 1. The fourth-order valence-electron chi connectivity index (χ4n) is 5.19. The zero-order valence-corrected chi connectivity index (χ0v) is 21.4. The molecule has 0 saturated heterocycles. The van der Waals surface area contributed by atoms with Crippen LogP contribution in [0.3, 0.4) is 0 Å². The Balaban J connectivity index is 1.57. The first-order valence-corrected chi connectivity index (χ1v) is 12.2. The molecule has 8 nitrogen and oxygen atoms in total. The topological polar surface area (TPSA) is 82.7 Å². The van der Waals surface area contributed by atoms with E-state index in [1.807, 2.05) is 36.4 Å². The number of hydrazone groups is 1. The van der Waals surface area contributed by atoms with Crippen molar-refractivity contribution >= 4 is 17.7 Å². The van der Waals surface area contributed by atoms with Crippen LogP contribution in [-0.2, 0) is 0 Å². The van der Waals surface area contributed by atoms with Gasteiger partial charge in [-0.3, -0.25) is 4.79 Å². The van der Waals surface area contributed by atoms with E-state index in [0.717, 1.165) is 41.7 Å². The molecular weight excluding hydrogens is 472 g/mol. The first kappa shape index (κ1) is 24.5. The summed E-state index contributed by atoms with van der Waals surface area (Å²) in [5, 5.41) is 6.48. The van der Waals surface area contributed by atoms with Gasteiger partial charge in [0.05, 0.1) is 46.5 Å². The van der Waals surface area contributed by atoms with Gasteiger partial charge in [0, 0.05) is 5.92 Å². The second kappa shape index (κ2) is 10.4. The summed E-state index contributed by atoms with van der Waals surface area (Å²) in [6, 6.07) is 14.7. The highest BCUT2D eigenvalue weighted by molar-refractivity contribution is 6.09. The van der Waals surface area contributed by atoms with Crippen LogP contribution in [0, 0.1) is 5.92 Å². The zero-order chi connectivity index (χ0) is 25.9. The molecule has 192 valence electrons. The quantitative estimate of drug-likeness (QED) is 0.409. The third-order valence-corrected chi connectivity index (χ3v) is 6.94. The van der Waals surface area contributed by atoms with Crippen molar-refractivity contribution in [3.63, 3.8) is 0 Å². The highest BCUT2D eigenvalue weighted by Crippen LogP contribution is 2.46. The lowest BCUT2D eigenvalue weighted by molar-refractivity contribution is 0.0648. The molecular formula is C29H30N2O6. The predicted octanol–water partition coefficient (Wildman–Crippen LogP) is 5.75. The normalized spacial score (nSPS) is 19.8. The highest BCUT2D eigenvalue weighted by atomic mass is 16.5. The maximum Gasteiger partial charge on any atom is 0.310 e. The third-order valence-electron chi connectivity index (χ3n) is 6.94. The number of allylic oxidation sites excluding steroid dienone is 1. The van der Waals surface area contributed by atoms with E-state index in [1.165, 1.54) is 6.26 Å². The van der Waals surface area contributed by atoms with Gasteiger partial charge < -0.3 is 23.4 Å². The first-order valence-electron chi connectivity index (χ1n) is 12.2. The summed E-state index contributed by atoms with van der Waals surface area (Å²) in [6.45, 7) is 0. The summed E-state index contributed by atoms with van der Waals surface area (Å²) in [5.41, 5.74) is 3.92. The molecule has 1 amide bonds. The van der Waals surface area contributed by atoms with E-state index in [4.69, 9.17) is 28.5 Å². The van der Waals surface area contributed by atoms with Gasteiger partial charge in [0.15, 0.2) is 28.8 Å². The number of furan rings is 1. The van der Waals surface area contributed by atoms with E-state index < -0.39 is 0 Å². The molecule has 8 heteroatoms. The van der Waals surface area contributed by atoms with E-state index in [1.54, 1.807) is 45.6 Å². The molecule has 1 aliphatic heterocycles. The Bertz CT molecular complexity index is 1340. The molecule has 0 N–H and O–H groups in total. The average Bonchev–Trinajstić information content (AvgIpc) is 3.61. The number of hydrogen-bond donors (Lipinski definition) is 0. The van der Waals surface area contributed by atoms with E-state index in [-0.39, 0.29) is 23.6 Å². The lowest BCUT2D eigenvalue weighted by Crippen LogP contribution is -2.31. The molecule has 37 heavy (non-hydrogen) atoms. The Morgan fingerprint density at radius 1 is 0.946 bits per heavy atom. The van der Waals surface area contributed by atoms with Crippen molar-refractivity contribution in [1.82, 2.24) is 5.01 Å². The van der Waals surface area contributed by atoms with Crippen molar-refractivity contribution < 1.29 is 28.2 Å². The molecule has 1 aromatic heterocycles. The number of carbonyl (C=O) groups is 1. The van der Waals surface area contributed by atoms with Crippen LogP contribution in [-0.4, -0.2) is 45.1 Å². The van der Waals surface area contributed by atoms with Crippen LogP contribution in [0.4, 0.5) is 0 Å². The lowest BCUT2D eigenvalue weighted by Gasteiger charge is -2.29. The van der Waals surface area contributed by atoms with Crippen molar-refractivity contribution in [3.8, 4) is 23.0 Å². The molecule has 1 fully saturated rings.